The predicted molar refractivity (Wildman–Crippen MR) is 106 cm³/mol. The number of benzene rings is 1. The molecule has 1 aromatic heterocycles. The van der Waals surface area contributed by atoms with Crippen molar-refractivity contribution in [3.8, 4) is 0 Å². The molecule has 1 saturated heterocycles. The van der Waals surface area contributed by atoms with Crippen LogP contribution in [0.4, 0.5) is 10.6 Å². The number of hydrogen-bond donors (Lipinski definition) is 1. The maximum Gasteiger partial charge on any atom is 0.411 e. The van der Waals surface area contributed by atoms with Crippen molar-refractivity contribution in [1.29, 1.82) is 0 Å². The Labute approximate surface area is 159 Å². The number of carbonyl (C=O) groups is 1. The molecule has 0 bridgehead atoms. The summed E-state index contributed by atoms with van der Waals surface area (Å²) in [6, 6.07) is 14.1. The molecule has 140 valence electrons. The summed E-state index contributed by atoms with van der Waals surface area (Å²) in [7, 11) is 0. The van der Waals surface area contributed by atoms with Crippen LogP contribution in [0.1, 0.15) is 50.3 Å². The van der Waals surface area contributed by atoms with Gasteiger partial charge >= 0.3 is 6.09 Å². The first kappa shape index (κ1) is 17.6. The van der Waals surface area contributed by atoms with Gasteiger partial charge in [-0.15, -0.1) is 0 Å². The largest absolute Gasteiger partial charge is 0.441 e. The van der Waals surface area contributed by atoms with Crippen molar-refractivity contribution < 1.29 is 9.53 Å². The number of rotatable bonds is 3. The molecule has 2 N–H and O–H groups in total. The van der Waals surface area contributed by atoms with Crippen LogP contribution in [0.5, 0.6) is 0 Å². The molecule has 2 aromatic rings. The van der Waals surface area contributed by atoms with Gasteiger partial charge in [-0.1, -0.05) is 36.4 Å². The second-order valence-corrected chi connectivity index (χ2v) is 7.82. The number of allylic oxidation sites excluding steroid dienone is 1. The summed E-state index contributed by atoms with van der Waals surface area (Å²) in [5.74, 6) is 0.529. The number of nitrogens with zero attached hydrogens (tertiary/aromatic N) is 2. The van der Waals surface area contributed by atoms with E-state index in [4.69, 9.17) is 10.5 Å². The zero-order valence-corrected chi connectivity index (χ0v) is 15.8. The maximum absolute atomic E-state index is 12.7. The zero-order valence-electron chi connectivity index (χ0n) is 15.8. The Morgan fingerprint density at radius 2 is 1.96 bits per heavy atom. The molecular weight excluding hydrogens is 338 g/mol. The molecule has 2 heterocycles. The number of anilines is 1. The van der Waals surface area contributed by atoms with Gasteiger partial charge in [0, 0.05) is 12.2 Å². The van der Waals surface area contributed by atoms with Crippen LogP contribution in [-0.2, 0) is 4.74 Å². The van der Waals surface area contributed by atoms with E-state index in [1.807, 2.05) is 55.3 Å². The van der Waals surface area contributed by atoms with Gasteiger partial charge < -0.3 is 10.5 Å². The number of pyridine rings is 1. The third-order valence-electron chi connectivity index (χ3n) is 5.55. The summed E-state index contributed by atoms with van der Waals surface area (Å²) >= 11 is 0. The van der Waals surface area contributed by atoms with Gasteiger partial charge in [-0.05, 0) is 61.9 Å². The Morgan fingerprint density at radius 3 is 2.59 bits per heavy atom. The van der Waals surface area contributed by atoms with Gasteiger partial charge in [-0.2, -0.15) is 0 Å². The number of nitrogen functional groups attached to an aromatic ring is 1. The van der Waals surface area contributed by atoms with Crippen molar-refractivity contribution in [1.82, 2.24) is 9.88 Å². The quantitative estimate of drug-likeness (QED) is 0.867. The topological polar surface area (TPSA) is 68.5 Å². The molecule has 5 nitrogen and oxygen atoms in total. The van der Waals surface area contributed by atoms with Crippen molar-refractivity contribution in [2.24, 2.45) is 0 Å². The van der Waals surface area contributed by atoms with Gasteiger partial charge in [-0.25, -0.2) is 9.78 Å². The fourth-order valence-corrected chi connectivity index (χ4v) is 4.26. The highest BCUT2D eigenvalue weighted by atomic mass is 16.6. The van der Waals surface area contributed by atoms with Gasteiger partial charge in [0.1, 0.15) is 11.4 Å². The van der Waals surface area contributed by atoms with Crippen LogP contribution >= 0.6 is 0 Å². The SMILES string of the molecule is CC1(C)OC(=O)N(C2CC=C(c3ccc(N)nc3)CC2)C1c1ccccc1. The number of amides is 1. The molecular formula is C22H25N3O2. The third-order valence-corrected chi connectivity index (χ3v) is 5.55. The highest BCUT2D eigenvalue weighted by Crippen LogP contribution is 2.44. The number of ether oxygens (including phenoxy) is 1. The van der Waals surface area contributed by atoms with Crippen molar-refractivity contribution in [3.05, 3.63) is 65.9 Å². The summed E-state index contributed by atoms with van der Waals surface area (Å²) in [6.07, 6.45) is 6.45. The third kappa shape index (κ3) is 3.29. The summed E-state index contributed by atoms with van der Waals surface area (Å²) in [6.45, 7) is 3.99. The average molecular weight is 363 g/mol. The molecule has 1 fully saturated rings. The van der Waals surface area contributed by atoms with Crippen LogP contribution in [0.25, 0.3) is 5.57 Å². The fraction of sp³-hybridized carbons (Fsp3) is 0.364. The highest BCUT2D eigenvalue weighted by Gasteiger charge is 2.50. The lowest BCUT2D eigenvalue weighted by atomic mass is 9.86. The zero-order chi connectivity index (χ0) is 19.0. The monoisotopic (exact) mass is 363 g/mol. The molecule has 1 aliphatic carbocycles. The van der Waals surface area contributed by atoms with Crippen LogP contribution in [-0.4, -0.2) is 27.6 Å². The van der Waals surface area contributed by atoms with E-state index in [1.165, 1.54) is 5.57 Å². The molecule has 27 heavy (non-hydrogen) atoms. The standard InChI is InChI=1S/C22H25N3O2/c1-22(2)20(16-6-4-3-5-7-16)25(21(26)27-22)18-11-8-15(9-12-18)17-10-13-19(23)24-14-17/h3-8,10,13-14,18,20H,9,11-12H2,1-2H3,(H2,23,24). The second-order valence-electron chi connectivity index (χ2n) is 7.82. The smallest absolute Gasteiger partial charge is 0.411 e. The van der Waals surface area contributed by atoms with Gasteiger partial charge in [-0.3, -0.25) is 4.90 Å². The van der Waals surface area contributed by atoms with Crippen LogP contribution in [0.2, 0.25) is 0 Å². The Bertz CT molecular complexity index is 859. The number of nitrogens with two attached hydrogens (primary N) is 1. The minimum atomic E-state index is -0.552. The predicted octanol–water partition coefficient (Wildman–Crippen LogP) is 4.57. The van der Waals surface area contributed by atoms with E-state index >= 15 is 0 Å². The highest BCUT2D eigenvalue weighted by molar-refractivity contribution is 5.73. The maximum atomic E-state index is 12.7. The van der Waals surface area contributed by atoms with E-state index in [9.17, 15) is 4.79 Å². The van der Waals surface area contributed by atoms with Crippen LogP contribution in [0.15, 0.2) is 54.7 Å². The molecule has 2 atom stereocenters. The van der Waals surface area contributed by atoms with Gasteiger partial charge in [0.2, 0.25) is 0 Å². The molecule has 0 saturated carbocycles. The van der Waals surface area contributed by atoms with Gasteiger partial charge in [0.15, 0.2) is 0 Å². The minimum absolute atomic E-state index is 0.0793. The minimum Gasteiger partial charge on any atom is -0.441 e. The van der Waals surface area contributed by atoms with E-state index in [-0.39, 0.29) is 18.2 Å². The van der Waals surface area contributed by atoms with Crippen molar-refractivity contribution in [2.75, 3.05) is 5.73 Å². The molecule has 1 aliphatic heterocycles. The lowest BCUT2D eigenvalue weighted by Gasteiger charge is -2.36. The summed E-state index contributed by atoms with van der Waals surface area (Å²) in [5.41, 5.74) is 8.62. The van der Waals surface area contributed by atoms with E-state index in [0.717, 1.165) is 30.4 Å². The van der Waals surface area contributed by atoms with Gasteiger partial charge in [0.05, 0.1) is 6.04 Å². The van der Waals surface area contributed by atoms with Crippen LogP contribution in [0.3, 0.4) is 0 Å². The van der Waals surface area contributed by atoms with Crippen LogP contribution < -0.4 is 5.73 Å². The Balaban J connectivity index is 1.59. The number of cyclic esters (lactones) is 1. The number of carbonyl (C=O) groups excluding carboxylic acids is 1. The molecule has 4 rings (SSSR count). The number of aromatic nitrogens is 1. The Hall–Kier alpha value is -2.82. The van der Waals surface area contributed by atoms with Crippen molar-refractivity contribution >= 4 is 17.5 Å². The molecule has 0 radical (unpaired) electrons. The molecule has 0 spiro atoms. The first-order valence-electron chi connectivity index (χ1n) is 9.43. The number of hydrogen-bond acceptors (Lipinski definition) is 4. The molecule has 1 amide bonds. The second kappa shape index (κ2) is 6.72. The molecule has 2 aliphatic rings. The van der Waals surface area contributed by atoms with Crippen molar-refractivity contribution in [3.63, 3.8) is 0 Å². The lowest BCUT2D eigenvalue weighted by molar-refractivity contribution is 0.0668. The van der Waals surface area contributed by atoms with Gasteiger partial charge in [0.25, 0.3) is 0 Å². The lowest BCUT2D eigenvalue weighted by Crippen LogP contribution is -2.41. The summed E-state index contributed by atoms with van der Waals surface area (Å²) in [4.78, 5) is 18.9. The Kier molecular flexibility index (Phi) is 4.38. The summed E-state index contributed by atoms with van der Waals surface area (Å²) in [5, 5.41) is 0. The Morgan fingerprint density at radius 1 is 1.19 bits per heavy atom. The average Bonchev–Trinajstić information content (AvgIpc) is 2.91. The van der Waals surface area contributed by atoms with E-state index < -0.39 is 5.60 Å². The normalized spacial score (nSPS) is 24.4. The summed E-state index contributed by atoms with van der Waals surface area (Å²) < 4.78 is 5.75. The first-order chi connectivity index (χ1) is 13.0. The van der Waals surface area contributed by atoms with Crippen molar-refractivity contribution in [2.45, 2.75) is 50.8 Å². The van der Waals surface area contributed by atoms with E-state index in [1.54, 1.807) is 0 Å². The van der Waals surface area contributed by atoms with Crippen LogP contribution in [0, 0.1) is 0 Å². The first-order valence-corrected chi connectivity index (χ1v) is 9.43. The van der Waals surface area contributed by atoms with E-state index in [0.29, 0.717) is 5.82 Å². The fourth-order valence-electron chi connectivity index (χ4n) is 4.26. The molecule has 5 heteroatoms. The van der Waals surface area contributed by atoms with E-state index in [2.05, 4.69) is 23.2 Å². The molecule has 2 unspecified atom stereocenters. The molecule has 1 aromatic carbocycles.